The zero-order chi connectivity index (χ0) is 24.6. The highest BCUT2D eigenvalue weighted by molar-refractivity contribution is 7.89. The molecule has 0 radical (unpaired) electrons. The van der Waals surface area contributed by atoms with E-state index in [1.54, 1.807) is 37.0 Å². The number of aromatic nitrogens is 4. The number of nitrogens with zero attached hydrogens (tertiary/aromatic N) is 5. The number of hydrogen-bond acceptors (Lipinski definition) is 6. The molecule has 0 aliphatic heterocycles. The van der Waals surface area contributed by atoms with Crippen molar-refractivity contribution in [2.75, 3.05) is 12.3 Å². The molecule has 4 rings (SSSR count). The van der Waals surface area contributed by atoms with Gasteiger partial charge in [-0.1, -0.05) is 12.1 Å². The number of nitrogens with two attached hydrogens (primary N) is 1. The van der Waals surface area contributed by atoms with Gasteiger partial charge >= 0.3 is 0 Å². The van der Waals surface area contributed by atoms with Gasteiger partial charge in [0.1, 0.15) is 23.2 Å². The smallest absolute Gasteiger partial charge is 0.251 e. The Morgan fingerprint density at radius 2 is 2.06 bits per heavy atom. The third kappa shape index (κ3) is 4.39. The van der Waals surface area contributed by atoms with Crippen LogP contribution in [-0.4, -0.2) is 45.8 Å². The van der Waals surface area contributed by atoms with Crippen LogP contribution in [-0.2, 0) is 17.1 Å². The van der Waals surface area contributed by atoms with Crippen LogP contribution in [0.1, 0.15) is 21.7 Å². The van der Waals surface area contributed by atoms with E-state index in [1.807, 2.05) is 0 Å². The van der Waals surface area contributed by atoms with Crippen molar-refractivity contribution in [2.24, 2.45) is 12.2 Å². The number of benzene rings is 1. The number of aryl methyl sites for hydroxylation is 2. The minimum absolute atomic E-state index is 0.101. The summed E-state index contributed by atoms with van der Waals surface area (Å²) in [7, 11) is -1.95. The molecule has 0 fully saturated rings. The van der Waals surface area contributed by atoms with Gasteiger partial charge in [0.15, 0.2) is 5.69 Å². The predicted octanol–water partition coefficient (Wildman–Crippen LogP) is 1.74. The van der Waals surface area contributed by atoms with Gasteiger partial charge in [-0.2, -0.15) is 10.4 Å². The average molecular weight is 482 g/mol. The number of pyridine rings is 1. The van der Waals surface area contributed by atoms with Crippen molar-refractivity contribution in [3.05, 3.63) is 65.5 Å². The number of carbonyl (C=O) groups is 1. The summed E-state index contributed by atoms with van der Waals surface area (Å²) in [5.74, 6) is -1.50. The van der Waals surface area contributed by atoms with Gasteiger partial charge in [0.25, 0.3) is 5.91 Å². The molecule has 174 valence electrons. The molecule has 0 bridgehead atoms. The molecule has 34 heavy (non-hydrogen) atoms. The number of nitrogens with one attached hydrogen (secondary N) is 1. The van der Waals surface area contributed by atoms with E-state index < -0.39 is 27.5 Å². The Balaban J connectivity index is 1.80. The molecule has 0 spiro atoms. The molecular weight excluding hydrogens is 461 g/mol. The van der Waals surface area contributed by atoms with Crippen molar-refractivity contribution in [1.82, 2.24) is 24.5 Å². The van der Waals surface area contributed by atoms with Gasteiger partial charge in [0.2, 0.25) is 10.0 Å². The molecule has 0 atom stereocenters. The Morgan fingerprint density at radius 3 is 2.71 bits per heavy atom. The Kier molecular flexibility index (Phi) is 5.90. The van der Waals surface area contributed by atoms with Crippen molar-refractivity contribution in [2.45, 2.75) is 6.92 Å². The van der Waals surface area contributed by atoms with Crippen molar-refractivity contribution < 1.29 is 17.6 Å². The molecule has 1 aromatic carbocycles. The number of fused-ring (bicyclic) bond motifs is 1. The topological polar surface area (TPSA) is 148 Å². The summed E-state index contributed by atoms with van der Waals surface area (Å²) in [4.78, 5) is 16.9. The lowest BCUT2D eigenvalue weighted by Crippen LogP contribution is -2.31. The Hall–Kier alpha value is -4.08. The molecule has 0 saturated carbocycles. The number of hydrogen-bond donors (Lipinski definition) is 2. The second kappa shape index (κ2) is 8.69. The molecule has 3 aromatic heterocycles. The number of halogens is 1. The van der Waals surface area contributed by atoms with Gasteiger partial charge in [-0.15, -0.1) is 0 Å². The number of amides is 1. The number of carbonyl (C=O) groups excluding carboxylic acids is 1. The van der Waals surface area contributed by atoms with Gasteiger partial charge in [-0.25, -0.2) is 22.9 Å². The van der Waals surface area contributed by atoms with Crippen LogP contribution in [0.5, 0.6) is 0 Å². The number of rotatable bonds is 6. The molecular formula is C22H20FN7O3S. The van der Waals surface area contributed by atoms with E-state index in [2.05, 4.69) is 21.5 Å². The summed E-state index contributed by atoms with van der Waals surface area (Å²) >= 11 is 0. The fourth-order valence-electron chi connectivity index (χ4n) is 3.73. The van der Waals surface area contributed by atoms with Crippen LogP contribution < -0.4 is 10.5 Å². The third-order valence-corrected chi connectivity index (χ3v) is 5.99. The Bertz CT molecular complexity index is 1580. The molecule has 0 aliphatic rings. The van der Waals surface area contributed by atoms with Crippen LogP contribution in [0.4, 0.5) is 4.39 Å². The van der Waals surface area contributed by atoms with Gasteiger partial charge in [-0.3, -0.25) is 13.9 Å². The zero-order valence-corrected chi connectivity index (χ0v) is 19.1. The van der Waals surface area contributed by atoms with Gasteiger partial charge in [0.05, 0.1) is 11.4 Å². The van der Waals surface area contributed by atoms with Crippen molar-refractivity contribution >= 4 is 21.6 Å². The largest absolute Gasteiger partial charge is 0.351 e. The quantitative estimate of drug-likeness (QED) is 0.429. The maximum Gasteiger partial charge on any atom is 0.251 e. The minimum atomic E-state index is -3.71. The number of nitriles is 1. The van der Waals surface area contributed by atoms with Crippen molar-refractivity contribution in [3.63, 3.8) is 0 Å². The van der Waals surface area contributed by atoms with Crippen molar-refractivity contribution in [1.29, 1.82) is 5.26 Å². The zero-order valence-electron chi connectivity index (χ0n) is 18.3. The molecule has 10 nitrogen and oxygen atoms in total. The molecule has 4 aromatic rings. The fourth-order valence-corrected chi connectivity index (χ4v) is 4.12. The monoisotopic (exact) mass is 481 g/mol. The second-order valence-electron chi connectivity index (χ2n) is 7.65. The lowest BCUT2D eigenvalue weighted by atomic mass is 9.97. The van der Waals surface area contributed by atoms with Crippen LogP contribution in [0.25, 0.3) is 28.0 Å². The molecule has 3 N–H and O–H groups in total. The molecule has 12 heteroatoms. The normalized spacial score (nSPS) is 11.5. The van der Waals surface area contributed by atoms with Crippen LogP contribution >= 0.6 is 0 Å². The summed E-state index contributed by atoms with van der Waals surface area (Å²) in [6.45, 7) is 1.65. The van der Waals surface area contributed by atoms with E-state index >= 15 is 4.39 Å². The van der Waals surface area contributed by atoms with E-state index in [-0.39, 0.29) is 34.7 Å². The molecule has 1 amide bonds. The number of imidazole rings is 1. The maximum absolute atomic E-state index is 15.1. The van der Waals surface area contributed by atoms with Crippen LogP contribution in [0.3, 0.4) is 0 Å². The summed E-state index contributed by atoms with van der Waals surface area (Å²) in [6, 6.07) is 9.57. The highest BCUT2D eigenvalue weighted by Crippen LogP contribution is 2.37. The summed E-state index contributed by atoms with van der Waals surface area (Å²) in [5, 5.41) is 21.6. The number of primary sulfonamides is 1. The molecule has 0 saturated heterocycles. The second-order valence-corrected chi connectivity index (χ2v) is 9.39. The highest BCUT2D eigenvalue weighted by Gasteiger charge is 2.23. The minimum Gasteiger partial charge on any atom is -0.351 e. The molecule has 0 aliphatic carbocycles. The maximum atomic E-state index is 15.1. The van der Waals surface area contributed by atoms with E-state index in [9.17, 15) is 18.5 Å². The number of sulfonamides is 1. The first-order valence-electron chi connectivity index (χ1n) is 10.1. The standard InChI is InChI=1S/C22H20FN7O3S/c1-13-16(12-29(2)28-13)15-4-3-5-17(23)20(15)21-18(11-24)30-8-6-14(10-19(30)27-21)22(31)26-7-9-34(25,32)33/h3-6,8,10,12H,7,9H2,1-2H3,(H,26,31)(H2,25,32,33). The molecule has 3 heterocycles. The Morgan fingerprint density at radius 1 is 1.29 bits per heavy atom. The van der Waals surface area contributed by atoms with Gasteiger partial charge in [-0.05, 0) is 30.7 Å². The van der Waals surface area contributed by atoms with E-state index in [0.29, 0.717) is 16.8 Å². The fraction of sp³-hybridized carbons (Fsp3) is 0.182. The first-order chi connectivity index (χ1) is 16.1. The van der Waals surface area contributed by atoms with Crippen LogP contribution in [0.2, 0.25) is 0 Å². The van der Waals surface area contributed by atoms with Crippen molar-refractivity contribution in [3.8, 4) is 28.5 Å². The average Bonchev–Trinajstić information content (AvgIpc) is 3.30. The summed E-state index contributed by atoms with van der Waals surface area (Å²) < 4.78 is 40.3. The van der Waals surface area contributed by atoms with Gasteiger partial charge < -0.3 is 5.32 Å². The first kappa shape index (κ1) is 23.1. The highest BCUT2D eigenvalue weighted by atomic mass is 32.2. The van der Waals surface area contributed by atoms with Gasteiger partial charge in [0, 0.05) is 42.7 Å². The predicted molar refractivity (Wildman–Crippen MR) is 123 cm³/mol. The molecule has 0 unspecified atom stereocenters. The SMILES string of the molecule is Cc1nn(C)cc1-c1cccc(F)c1-c1nc2cc(C(=O)NCCS(N)(=O)=O)ccn2c1C#N. The van der Waals surface area contributed by atoms with E-state index in [0.717, 1.165) is 0 Å². The van der Waals surface area contributed by atoms with Crippen LogP contribution in [0.15, 0.2) is 42.7 Å². The lowest BCUT2D eigenvalue weighted by molar-refractivity contribution is 0.0956. The first-order valence-corrected chi connectivity index (χ1v) is 11.8. The van der Waals surface area contributed by atoms with E-state index in [4.69, 9.17) is 5.14 Å². The van der Waals surface area contributed by atoms with Crippen LogP contribution in [0, 0.1) is 24.1 Å². The third-order valence-electron chi connectivity index (χ3n) is 5.22. The summed E-state index contributed by atoms with van der Waals surface area (Å²) in [5.41, 5.74) is 2.75. The van der Waals surface area contributed by atoms with E-state index in [1.165, 1.54) is 28.8 Å². The lowest BCUT2D eigenvalue weighted by Gasteiger charge is -2.08. The summed E-state index contributed by atoms with van der Waals surface area (Å²) in [6.07, 6.45) is 3.24. The Labute approximate surface area is 194 Å².